The van der Waals surface area contributed by atoms with E-state index in [0.29, 0.717) is 12.1 Å². The summed E-state index contributed by atoms with van der Waals surface area (Å²) in [6, 6.07) is 16.8. The number of fused-ring (bicyclic) bond motifs is 3. The van der Waals surface area contributed by atoms with E-state index in [-0.39, 0.29) is 11.8 Å². The Hall–Kier alpha value is -4.32. The Kier molecular flexibility index (Phi) is 7.29. The summed E-state index contributed by atoms with van der Waals surface area (Å²) in [6.45, 7) is 3.86. The standard InChI is InChI=1S/C27H23F3N6O2S/c1-16-4-3-5-17(2)24(16)32-26(37)34-39-31-15-18-6-12-22-19(14-18)7-13-23-25(22)33-35-36(23)20-8-10-21(11-9-20)38-27(28,29)30/h3-6,8-12,14-15H,7,13H2,1-2H3,(H2,32,34,37)/b31-15+. The fourth-order valence-electron chi connectivity index (χ4n) is 4.42. The van der Waals surface area contributed by atoms with Crippen molar-refractivity contribution >= 4 is 30.1 Å². The second kappa shape index (κ2) is 10.8. The number of alkyl halides is 3. The van der Waals surface area contributed by atoms with Gasteiger partial charge < -0.3 is 10.1 Å². The Morgan fingerprint density at radius 3 is 2.54 bits per heavy atom. The number of amides is 2. The molecule has 5 rings (SSSR count). The third-order valence-corrected chi connectivity index (χ3v) is 6.69. The second-order valence-corrected chi connectivity index (χ2v) is 9.50. The fourth-order valence-corrected chi connectivity index (χ4v) is 4.78. The number of halogens is 3. The molecule has 12 heteroatoms. The molecule has 0 unspecified atom stereocenters. The van der Waals surface area contributed by atoms with Gasteiger partial charge in [-0.1, -0.05) is 35.5 Å². The maximum atomic E-state index is 12.4. The number of carbonyl (C=O) groups excluding carboxylic acids is 1. The number of carbonyl (C=O) groups is 1. The highest BCUT2D eigenvalue weighted by atomic mass is 32.2. The molecule has 200 valence electrons. The van der Waals surface area contributed by atoms with Crippen LogP contribution in [0.1, 0.15) is 27.9 Å². The Morgan fingerprint density at radius 1 is 1.08 bits per heavy atom. The third-order valence-electron chi connectivity index (χ3n) is 6.21. The molecular formula is C27H23F3N6O2S. The van der Waals surface area contributed by atoms with E-state index in [2.05, 4.69) is 29.5 Å². The van der Waals surface area contributed by atoms with Gasteiger partial charge in [0.15, 0.2) is 0 Å². The minimum Gasteiger partial charge on any atom is -0.406 e. The van der Waals surface area contributed by atoms with Gasteiger partial charge in [0.2, 0.25) is 0 Å². The predicted octanol–water partition coefficient (Wildman–Crippen LogP) is 6.35. The summed E-state index contributed by atoms with van der Waals surface area (Å²) in [6.07, 6.45) is -1.69. The molecule has 1 aliphatic carbocycles. The lowest BCUT2D eigenvalue weighted by atomic mass is 9.91. The number of hydrogen-bond acceptors (Lipinski definition) is 6. The van der Waals surface area contributed by atoms with Gasteiger partial charge in [0.25, 0.3) is 0 Å². The van der Waals surface area contributed by atoms with Crippen molar-refractivity contribution in [1.82, 2.24) is 19.7 Å². The molecule has 1 aliphatic rings. The van der Waals surface area contributed by atoms with Crippen LogP contribution in [0.2, 0.25) is 0 Å². The van der Waals surface area contributed by atoms with Gasteiger partial charge in [-0.05, 0) is 79.3 Å². The molecule has 2 amide bonds. The van der Waals surface area contributed by atoms with Crippen molar-refractivity contribution in [1.29, 1.82) is 0 Å². The normalized spacial score (nSPS) is 12.6. The highest BCUT2D eigenvalue weighted by molar-refractivity contribution is 7.96. The van der Waals surface area contributed by atoms with E-state index < -0.39 is 6.36 Å². The number of ether oxygens (including phenoxy) is 1. The van der Waals surface area contributed by atoms with Crippen molar-refractivity contribution < 1.29 is 22.7 Å². The summed E-state index contributed by atoms with van der Waals surface area (Å²) >= 11 is 0.928. The zero-order valence-corrected chi connectivity index (χ0v) is 21.7. The van der Waals surface area contributed by atoms with Crippen molar-refractivity contribution in [2.75, 3.05) is 5.32 Å². The summed E-state index contributed by atoms with van der Waals surface area (Å²) in [5.74, 6) is -0.296. The van der Waals surface area contributed by atoms with Gasteiger partial charge in [0.05, 0.1) is 23.5 Å². The molecule has 1 heterocycles. The average Bonchev–Trinajstić information content (AvgIpc) is 3.33. The van der Waals surface area contributed by atoms with Crippen LogP contribution in [0.5, 0.6) is 5.75 Å². The molecule has 2 N–H and O–H groups in total. The number of aromatic nitrogens is 3. The topological polar surface area (TPSA) is 93.4 Å². The Labute approximate surface area is 226 Å². The van der Waals surface area contributed by atoms with Gasteiger partial charge in [-0.25, -0.2) is 13.9 Å². The number of rotatable bonds is 6. The molecule has 0 fully saturated rings. The van der Waals surface area contributed by atoms with Gasteiger partial charge in [0.1, 0.15) is 11.4 Å². The third kappa shape index (κ3) is 6.06. The Morgan fingerprint density at radius 2 is 1.82 bits per heavy atom. The minimum atomic E-state index is -4.74. The van der Waals surface area contributed by atoms with E-state index in [1.54, 1.807) is 10.9 Å². The fraction of sp³-hybridized carbons (Fsp3) is 0.185. The second-order valence-electron chi connectivity index (χ2n) is 8.90. The van der Waals surface area contributed by atoms with Crippen LogP contribution in [0, 0.1) is 13.8 Å². The van der Waals surface area contributed by atoms with Crippen LogP contribution in [0.3, 0.4) is 0 Å². The van der Waals surface area contributed by atoms with Crippen LogP contribution < -0.4 is 14.8 Å². The average molecular weight is 553 g/mol. The van der Waals surface area contributed by atoms with E-state index in [9.17, 15) is 18.0 Å². The van der Waals surface area contributed by atoms with Crippen LogP contribution in [0.4, 0.5) is 23.7 Å². The monoisotopic (exact) mass is 552 g/mol. The summed E-state index contributed by atoms with van der Waals surface area (Å²) in [5.41, 5.74) is 7.82. The molecular weight excluding hydrogens is 529 g/mol. The first kappa shape index (κ1) is 26.3. The van der Waals surface area contributed by atoms with Crippen molar-refractivity contribution in [3.05, 3.63) is 88.6 Å². The largest absolute Gasteiger partial charge is 0.573 e. The number of aryl methyl sites for hydroxylation is 3. The number of nitrogens with one attached hydrogen (secondary N) is 2. The van der Waals surface area contributed by atoms with E-state index in [1.165, 1.54) is 24.3 Å². The molecule has 8 nitrogen and oxygen atoms in total. The summed E-state index contributed by atoms with van der Waals surface area (Å²) in [4.78, 5) is 12.2. The first-order valence-electron chi connectivity index (χ1n) is 11.9. The lowest BCUT2D eigenvalue weighted by Gasteiger charge is -2.17. The quantitative estimate of drug-likeness (QED) is 0.215. The maximum absolute atomic E-state index is 12.4. The number of nitrogens with zero attached hydrogens (tertiary/aromatic N) is 4. The van der Waals surface area contributed by atoms with Gasteiger partial charge >= 0.3 is 12.4 Å². The van der Waals surface area contributed by atoms with Crippen LogP contribution in [-0.2, 0) is 12.8 Å². The molecule has 0 bridgehead atoms. The van der Waals surface area contributed by atoms with Crippen LogP contribution in [-0.4, -0.2) is 33.6 Å². The first-order chi connectivity index (χ1) is 18.7. The first-order valence-corrected chi connectivity index (χ1v) is 12.7. The number of para-hydroxylation sites is 1. The summed E-state index contributed by atoms with van der Waals surface area (Å²) in [7, 11) is 0. The van der Waals surface area contributed by atoms with Crippen LogP contribution in [0.25, 0.3) is 16.9 Å². The van der Waals surface area contributed by atoms with Crippen molar-refractivity contribution in [3.8, 4) is 22.7 Å². The summed E-state index contributed by atoms with van der Waals surface area (Å²) < 4.78 is 49.8. The van der Waals surface area contributed by atoms with Crippen molar-refractivity contribution in [3.63, 3.8) is 0 Å². The predicted molar refractivity (Wildman–Crippen MR) is 144 cm³/mol. The van der Waals surface area contributed by atoms with Gasteiger partial charge in [-0.15, -0.1) is 18.3 Å². The number of anilines is 1. The number of benzene rings is 3. The van der Waals surface area contributed by atoms with E-state index in [0.717, 1.165) is 63.4 Å². The molecule has 0 aliphatic heterocycles. The van der Waals surface area contributed by atoms with Crippen molar-refractivity contribution in [2.24, 2.45) is 4.40 Å². The smallest absolute Gasteiger partial charge is 0.406 e. The van der Waals surface area contributed by atoms with Crippen LogP contribution >= 0.6 is 12.1 Å². The van der Waals surface area contributed by atoms with E-state index in [1.807, 2.05) is 50.2 Å². The number of hydrogen-bond donors (Lipinski definition) is 2. The van der Waals surface area contributed by atoms with Crippen molar-refractivity contribution in [2.45, 2.75) is 33.1 Å². The van der Waals surface area contributed by atoms with Gasteiger partial charge in [-0.3, -0.25) is 4.72 Å². The molecule has 1 aromatic heterocycles. The van der Waals surface area contributed by atoms with Gasteiger partial charge in [-0.2, -0.15) is 0 Å². The zero-order valence-electron chi connectivity index (χ0n) is 20.9. The molecule has 0 atom stereocenters. The zero-order chi connectivity index (χ0) is 27.6. The molecule has 0 saturated carbocycles. The Balaban J connectivity index is 1.23. The lowest BCUT2D eigenvalue weighted by Crippen LogP contribution is -2.23. The van der Waals surface area contributed by atoms with Crippen LogP contribution in [0.15, 0.2) is 65.1 Å². The number of urea groups is 1. The molecule has 4 aromatic rings. The Bertz CT molecular complexity index is 1530. The van der Waals surface area contributed by atoms with E-state index >= 15 is 0 Å². The van der Waals surface area contributed by atoms with E-state index in [4.69, 9.17) is 0 Å². The SMILES string of the molecule is Cc1cccc(C)c1NC(=O)NS/N=C/c1ccc2c(c1)CCc1c-2nnn1-c1ccc(OC(F)(F)F)cc1. The maximum Gasteiger partial charge on any atom is 0.573 e. The highest BCUT2D eigenvalue weighted by Gasteiger charge is 2.31. The summed E-state index contributed by atoms with van der Waals surface area (Å²) in [5, 5.41) is 11.4. The molecule has 39 heavy (non-hydrogen) atoms. The molecule has 0 spiro atoms. The molecule has 0 radical (unpaired) electrons. The van der Waals surface area contributed by atoms with Gasteiger partial charge in [0, 0.05) is 17.5 Å². The molecule has 0 saturated heterocycles. The minimum absolute atomic E-state index is 0.296. The highest BCUT2D eigenvalue weighted by Crippen LogP contribution is 2.34. The lowest BCUT2D eigenvalue weighted by molar-refractivity contribution is -0.274. The molecule has 3 aromatic carbocycles.